The molecule has 1 aromatic carbocycles. The Kier molecular flexibility index (Phi) is 8.53. The van der Waals surface area contributed by atoms with Crippen molar-refractivity contribution in [2.75, 3.05) is 6.61 Å². The van der Waals surface area contributed by atoms with E-state index in [4.69, 9.17) is 28.5 Å². The minimum Gasteiger partial charge on any atom is -0.388 e. The van der Waals surface area contributed by atoms with Gasteiger partial charge in [0.2, 0.25) is 0 Å². The number of amidine groups is 1. The van der Waals surface area contributed by atoms with Crippen LogP contribution in [0.5, 0.6) is 0 Å². The van der Waals surface area contributed by atoms with Crippen molar-refractivity contribution in [2.24, 2.45) is 5.73 Å². The monoisotopic (exact) mass is 331 g/mol. The van der Waals surface area contributed by atoms with Crippen LogP contribution in [0.3, 0.4) is 0 Å². The molecule has 0 aliphatic carbocycles. The fourth-order valence-corrected chi connectivity index (χ4v) is 1.60. The quantitative estimate of drug-likeness (QED) is 0.452. The van der Waals surface area contributed by atoms with Crippen LogP contribution >= 0.6 is 28.1 Å². The molecule has 100 valence electrons. The van der Waals surface area contributed by atoms with Crippen LogP contribution in [0, 0.1) is 5.41 Å². The molecule has 0 heterocycles. The summed E-state index contributed by atoms with van der Waals surface area (Å²) in [7, 11) is 0. The number of nitrogens with zero attached hydrogens (tertiary/aromatic N) is 1. The van der Waals surface area contributed by atoms with Crippen LogP contribution in [0.25, 0.3) is 0 Å². The summed E-state index contributed by atoms with van der Waals surface area (Å²) < 4.78 is 0.982. The first-order valence-corrected chi connectivity index (χ1v) is 6.74. The van der Waals surface area contributed by atoms with Crippen LogP contribution in [0.4, 0.5) is 0 Å². The second-order valence-corrected chi connectivity index (χ2v) is 4.49. The van der Waals surface area contributed by atoms with Gasteiger partial charge in [-0.15, -0.1) is 0 Å². The third kappa shape index (κ3) is 5.57. The van der Waals surface area contributed by atoms with Gasteiger partial charge in [0.15, 0.2) is 5.11 Å². The number of hydrogen-bond donors (Lipinski definition) is 3. The fraction of sp³-hybridized carbons (Fsp3) is 0.333. The van der Waals surface area contributed by atoms with Crippen LogP contribution in [0.2, 0.25) is 0 Å². The summed E-state index contributed by atoms with van der Waals surface area (Å²) in [5.41, 5.74) is 6.45. The third-order valence-electron chi connectivity index (χ3n) is 2.00. The third-order valence-corrected chi connectivity index (χ3v) is 2.74. The SMILES string of the molecule is CC.N=C(CO)N(Cc1ccc(Br)cc1)C(N)=S. The normalized spacial score (nSPS) is 9.11. The lowest BCUT2D eigenvalue weighted by Crippen LogP contribution is -2.41. The van der Waals surface area contributed by atoms with Crippen molar-refractivity contribution < 1.29 is 5.11 Å². The Labute approximate surface area is 121 Å². The zero-order chi connectivity index (χ0) is 14.1. The molecule has 0 aromatic heterocycles. The van der Waals surface area contributed by atoms with Crippen LogP contribution in [0.15, 0.2) is 28.7 Å². The van der Waals surface area contributed by atoms with E-state index in [9.17, 15) is 0 Å². The minimum absolute atomic E-state index is 0.00424. The van der Waals surface area contributed by atoms with Gasteiger partial charge in [0.25, 0.3) is 0 Å². The van der Waals surface area contributed by atoms with E-state index in [0.29, 0.717) is 6.54 Å². The summed E-state index contributed by atoms with van der Waals surface area (Å²) in [4.78, 5) is 1.39. The second-order valence-electron chi connectivity index (χ2n) is 3.16. The predicted octanol–water partition coefficient (Wildman–Crippen LogP) is 2.49. The van der Waals surface area contributed by atoms with Crippen LogP contribution in [-0.4, -0.2) is 27.6 Å². The summed E-state index contributed by atoms with van der Waals surface area (Å²) in [5, 5.41) is 16.5. The molecule has 18 heavy (non-hydrogen) atoms. The molecule has 0 aliphatic rings. The molecular formula is C12H18BrN3OS. The van der Waals surface area contributed by atoms with Crippen LogP contribution in [-0.2, 0) is 6.54 Å². The Hall–Kier alpha value is -0.980. The molecule has 0 unspecified atom stereocenters. The fourth-order valence-electron chi connectivity index (χ4n) is 1.16. The Bertz CT molecular complexity index is 395. The van der Waals surface area contributed by atoms with Crippen LogP contribution in [0.1, 0.15) is 19.4 Å². The van der Waals surface area contributed by atoms with Gasteiger partial charge in [-0.1, -0.05) is 41.9 Å². The van der Waals surface area contributed by atoms with Gasteiger partial charge in [0.05, 0.1) is 6.54 Å². The maximum Gasteiger partial charge on any atom is 0.172 e. The number of nitrogens with one attached hydrogen (secondary N) is 1. The van der Waals surface area contributed by atoms with Gasteiger partial charge in [0, 0.05) is 4.47 Å². The lowest BCUT2D eigenvalue weighted by atomic mass is 10.2. The summed E-state index contributed by atoms with van der Waals surface area (Å²) in [5.74, 6) is -0.00424. The number of nitrogens with two attached hydrogens (primary N) is 1. The molecule has 0 amide bonds. The first-order chi connectivity index (χ1) is 8.54. The van der Waals surface area contributed by atoms with Crippen molar-refractivity contribution in [1.82, 2.24) is 4.90 Å². The highest BCUT2D eigenvalue weighted by Crippen LogP contribution is 2.12. The predicted molar refractivity (Wildman–Crippen MR) is 82.6 cm³/mol. The van der Waals surface area contributed by atoms with Gasteiger partial charge < -0.3 is 15.7 Å². The molecule has 6 heteroatoms. The summed E-state index contributed by atoms with van der Waals surface area (Å²) in [6, 6.07) is 7.60. The van der Waals surface area contributed by atoms with Crippen molar-refractivity contribution in [1.29, 1.82) is 5.41 Å². The highest BCUT2D eigenvalue weighted by molar-refractivity contribution is 9.10. The van der Waals surface area contributed by atoms with Gasteiger partial charge in [-0.05, 0) is 29.9 Å². The summed E-state index contributed by atoms with van der Waals surface area (Å²) in [6.07, 6.45) is 0. The molecule has 4 nitrogen and oxygen atoms in total. The molecule has 4 N–H and O–H groups in total. The molecule has 1 rings (SSSR count). The molecule has 1 aromatic rings. The standard InChI is InChI=1S/C10H12BrN3OS.C2H6/c11-8-3-1-7(2-4-8)5-14(10(13)16)9(12)6-15;1-2/h1-4,12,15H,5-6H2,(H2,13,16);1-2H3. The lowest BCUT2D eigenvalue weighted by Gasteiger charge is -2.22. The van der Waals surface area contributed by atoms with E-state index in [1.807, 2.05) is 38.1 Å². The van der Waals surface area contributed by atoms with Gasteiger partial charge in [-0.25, -0.2) is 0 Å². The molecular weight excluding hydrogens is 314 g/mol. The summed E-state index contributed by atoms with van der Waals surface area (Å²) >= 11 is 8.16. The van der Waals surface area contributed by atoms with E-state index in [1.54, 1.807) is 0 Å². The maximum atomic E-state index is 8.89. The van der Waals surface area contributed by atoms with Gasteiger partial charge >= 0.3 is 0 Å². The van der Waals surface area contributed by atoms with Crippen molar-refractivity contribution in [3.05, 3.63) is 34.3 Å². The molecule has 0 fully saturated rings. The highest BCUT2D eigenvalue weighted by Gasteiger charge is 2.11. The Morgan fingerprint density at radius 2 is 1.89 bits per heavy atom. The average molecular weight is 332 g/mol. The molecule has 0 bridgehead atoms. The van der Waals surface area contributed by atoms with Gasteiger partial charge in [0.1, 0.15) is 12.4 Å². The van der Waals surface area contributed by atoms with Crippen molar-refractivity contribution in [3.63, 3.8) is 0 Å². The first kappa shape index (κ1) is 17.0. The van der Waals surface area contributed by atoms with E-state index in [2.05, 4.69) is 15.9 Å². The number of aliphatic hydroxyl groups is 1. The van der Waals surface area contributed by atoms with Crippen LogP contribution < -0.4 is 5.73 Å². The second kappa shape index (κ2) is 9.02. The Morgan fingerprint density at radius 3 is 2.28 bits per heavy atom. The largest absolute Gasteiger partial charge is 0.388 e. The van der Waals surface area contributed by atoms with E-state index in [0.717, 1.165) is 10.0 Å². The number of hydrogen-bond acceptors (Lipinski definition) is 3. The molecule has 0 saturated heterocycles. The van der Waals surface area contributed by atoms with E-state index < -0.39 is 0 Å². The van der Waals surface area contributed by atoms with Gasteiger partial charge in [-0.2, -0.15) is 0 Å². The highest BCUT2D eigenvalue weighted by atomic mass is 79.9. The first-order valence-electron chi connectivity index (χ1n) is 5.54. The maximum absolute atomic E-state index is 8.89. The van der Waals surface area contributed by atoms with Crippen molar-refractivity contribution in [2.45, 2.75) is 20.4 Å². The zero-order valence-corrected chi connectivity index (χ0v) is 12.9. The molecule has 0 saturated carbocycles. The Morgan fingerprint density at radius 1 is 1.39 bits per heavy atom. The zero-order valence-electron chi connectivity index (χ0n) is 10.5. The number of aliphatic hydroxyl groups excluding tert-OH is 1. The number of benzene rings is 1. The minimum atomic E-state index is -0.381. The number of halogens is 1. The van der Waals surface area contributed by atoms with Crippen molar-refractivity contribution >= 4 is 39.1 Å². The smallest absolute Gasteiger partial charge is 0.172 e. The topological polar surface area (TPSA) is 73.3 Å². The lowest BCUT2D eigenvalue weighted by molar-refractivity contribution is 0.340. The van der Waals surface area contributed by atoms with E-state index in [1.165, 1.54) is 4.90 Å². The van der Waals surface area contributed by atoms with Gasteiger partial charge in [-0.3, -0.25) is 5.41 Å². The Balaban J connectivity index is 0.00000137. The number of rotatable bonds is 3. The number of thiocarbonyl (C=S) groups is 1. The molecule has 0 aliphatic heterocycles. The summed E-state index contributed by atoms with van der Waals surface area (Å²) in [6.45, 7) is 4.01. The average Bonchev–Trinajstić information content (AvgIpc) is 2.39. The van der Waals surface area contributed by atoms with E-state index >= 15 is 0 Å². The van der Waals surface area contributed by atoms with E-state index in [-0.39, 0.29) is 17.6 Å². The van der Waals surface area contributed by atoms with Crippen molar-refractivity contribution in [3.8, 4) is 0 Å². The molecule has 0 radical (unpaired) electrons. The molecule has 0 atom stereocenters. The molecule has 0 spiro atoms.